The third-order valence-corrected chi connectivity index (χ3v) is 10.9. The second-order valence-electron chi connectivity index (χ2n) is 13.8. The van der Waals surface area contributed by atoms with Gasteiger partial charge in [-0.2, -0.15) is 0 Å². The first-order valence-electron chi connectivity index (χ1n) is 18.0. The summed E-state index contributed by atoms with van der Waals surface area (Å²) >= 11 is 0. The van der Waals surface area contributed by atoms with E-state index in [1.165, 1.54) is 93.8 Å². The standard InChI is InChI=1S/C50H36N2/c1-33-16-9-10-21-39(33)44-32-38(31-43(34(44)2)35-17-5-3-6-18-35)52-47-26-14-12-23-42(47)50-40(24-15-27-49(50)52)36-28-29-48-45(30-36)41-22-11-13-25-46(41)51(48)37-19-7-4-8-20-37/h3-32H,1-2H3. The molecule has 2 aromatic heterocycles. The molecule has 52 heavy (non-hydrogen) atoms. The third-order valence-electron chi connectivity index (χ3n) is 10.9. The topological polar surface area (TPSA) is 9.86 Å². The van der Waals surface area contributed by atoms with Gasteiger partial charge in [-0.05, 0) is 113 Å². The Kier molecular flexibility index (Phi) is 6.97. The van der Waals surface area contributed by atoms with Gasteiger partial charge in [0.25, 0.3) is 0 Å². The molecule has 0 spiro atoms. The Morgan fingerprint density at radius 3 is 1.69 bits per heavy atom. The van der Waals surface area contributed by atoms with Crippen LogP contribution in [0.5, 0.6) is 0 Å². The van der Waals surface area contributed by atoms with Crippen LogP contribution < -0.4 is 0 Å². The van der Waals surface area contributed by atoms with E-state index in [1.807, 2.05) is 0 Å². The number of para-hydroxylation sites is 3. The molecule has 2 nitrogen and oxygen atoms in total. The Labute approximate surface area is 303 Å². The summed E-state index contributed by atoms with van der Waals surface area (Å²) in [5.74, 6) is 0. The largest absolute Gasteiger partial charge is 0.309 e. The van der Waals surface area contributed by atoms with Crippen molar-refractivity contribution < 1.29 is 0 Å². The summed E-state index contributed by atoms with van der Waals surface area (Å²) in [7, 11) is 0. The Morgan fingerprint density at radius 2 is 0.904 bits per heavy atom. The minimum absolute atomic E-state index is 1.16. The van der Waals surface area contributed by atoms with Crippen molar-refractivity contribution >= 4 is 43.6 Å². The van der Waals surface area contributed by atoms with Gasteiger partial charge in [0.2, 0.25) is 0 Å². The summed E-state index contributed by atoms with van der Waals surface area (Å²) in [5.41, 5.74) is 17.2. The van der Waals surface area contributed by atoms with Crippen LogP contribution in [0.15, 0.2) is 182 Å². The van der Waals surface area contributed by atoms with E-state index < -0.39 is 0 Å². The lowest BCUT2D eigenvalue weighted by molar-refractivity contribution is 1.17. The van der Waals surface area contributed by atoms with Crippen molar-refractivity contribution in [2.45, 2.75) is 13.8 Å². The van der Waals surface area contributed by atoms with Crippen LogP contribution in [0.4, 0.5) is 0 Å². The highest BCUT2D eigenvalue weighted by Crippen LogP contribution is 2.43. The lowest BCUT2D eigenvalue weighted by Gasteiger charge is -2.18. The molecule has 10 aromatic rings. The summed E-state index contributed by atoms with van der Waals surface area (Å²) in [5, 5.41) is 5.03. The maximum absolute atomic E-state index is 2.47. The molecule has 0 saturated carbocycles. The molecule has 0 amide bonds. The lowest BCUT2D eigenvalue weighted by atomic mass is 9.90. The van der Waals surface area contributed by atoms with E-state index in [-0.39, 0.29) is 0 Å². The third kappa shape index (κ3) is 4.65. The van der Waals surface area contributed by atoms with E-state index in [9.17, 15) is 0 Å². The summed E-state index contributed by atoms with van der Waals surface area (Å²) in [6.07, 6.45) is 0. The van der Waals surface area contributed by atoms with Crippen molar-refractivity contribution in [3.8, 4) is 44.8 Å². The van der Waals surface area contributed by atoms with Crippen LogP contribution in [-0.2, 0) is 0 Å². The molecule has 2 heterocycles. The number of hydrogen-bond acceptors (Lipinski definition) is 0. The van der Waals surface area contributed by atoms with Crippen molar-refractivity contribution in [1.82, 2.24) is 9.13 Å². The van der Waals surface area contributed by atoms with Gasteiger partial charge in [-0.25, -0.2) is 0 Å². The fourth-order valence-corrected chi connectivity index (χ4v) is 8.43. The molecule has 246 valence electrons. The van der Waals surface area contributed by atoms with E-state index in [0.717, 1.165) is 5.69 Å². The number of nitrogens with zero attached hydrogens (tertiary/aromatic N) is 2. The van der Waals surface area contributed by atoms with Gasteiger partial charge in [0, 0.05) is 32.9 Å². The van der Waals surface area contributed by atoms with Crippen LogP contribution >= 0.6 is 0 Å². The predicted octanol–water partition coefficient (Wildman–Crippen LogP) is 13.5. The first-order valence-corrected chi connectivity index (χ1v) is 18.0. The monoisotopic (exact) mass is 664 g/mol. The zero-order valence-electron chi connectivity index (χ0n) is 29.2. The van der Waals surface area contributed by atoms with E-state index in [4.69, 9.17) is 0 Å². The van der Waals surface area contributed by atoms with Crippen molar-refractivity contribution in [2.24, 2.45) is 0 Å². The molecular weight excluding hydrogens is 629 g/mol. The number of aromatic nitrogens is 2. The van der Waals surface area contributed by atoms with Gasteiger partial charge in [-0.1, -0.05) is 127 Å². The number of aryl methyl sites for hydroxylation is 1. The van der Waals surface area contributed by atoms with Crippen molar-refractivity contribution in [1.29, 1.82) is 0 Å². The fourth-order valence-electron chi connectivity index (χ4n) is 8.43. The maximum atomic E-state index is 2.47. The van der Waals surface area contributed by atoms with Gasteiger partial charge in [-0.15, -0.1) is 0 Å². The molecule has 0 aliphatic heterocycles. The SMILES string of the molecule is Cc1ccccc1-c1cc(-n2c3ccccc3c3c(-c4ccc5c(c4)c4ccccc4n5-c4ccccc4)cccc32)cc(-c2ccccc2)c1C. The maximum Gasteiger partial charge on any atom is 0.0547 e. The zero-order chi connectivity index (χ0) is 34.8. The molecule has 2 heteroatoms. The van der Waals surface area contributed by atoms with E-state index in [1.54, 1.807) is 0 Å². The molecule has 0 bridgehead atoms. The van der Waals surface area contributed by atoms with E-state index in [2.05, 4.69) is 205 Å². The summed E-state index contributed by atoms with van der Waals surface area (Å²) in [4.78, 5) is 0. The quantitative estimate of drug-likeness (QED) is 0.173. The number of fused-ring (bicyclic) bond motifs is 6. The minimum atomic E-state index is 1.16. The average Bonchev–Trinajstić information content (AvgIpc) is 3.72. The second kappa shape index (κ2) is 12.0. The summed E-state index contributed by atoms with van der Waals surface area (Å²) < 4.78 is 4.86. The summed E-state index contributed by atoms with van der Waals surface area (Å²) in [6, 6.07) is 66.5. The van der Waals surface area contributed by atoms with Crippen LogP contribution in [-0.4, -0.2) is 9.13 Å². The molecule has 0 unspecified atom stereocenters. The molecule has 0 fully saturated rings. The molecule has 0 atom stereocenters. The molecule has 0 aliphatic carbocycles. The van der Waals surface area contributed by atoms with Crippen LogP contribution in [0.1, 0.15) is 11.1 Å². The van der Waals surface area contributed by atoms with Gasteiger partial charge < -0.3 is 9.13 Å². The predicted molar refractivity (Wildman–Crippen MR) is 221 cm³/mol. The molecule has 0 N–H and O–H groups in total. The zero-order valence-corrected chi connectivity index (χ0v) is 29.2. The fraction of sp³-hybridized carbons (Fsp3) is 0.0400. The van der Waals surface area contributed by atoms with Gasteiger partial charge in [0.1, 0.15) is 0 Å². The Balaban J connectivity index is 1.24. The normalized spacial score (nSPS) is 11.7. The molecule has 10 rings (SSSR count). The first kappa shape index (κ1) is 30.2. The molecule has 0 radical (unpaired) electrons. The van der Waals surface area contributed by atoms with E-state index in [0.29, 0.717) is 0 Å². The smallest absolute Gasteiger partial charge is 0.0547 e. The van der Waals surface area contributed by atoms with Crippen molar-refractivity contribution in [3.05, 3.63) is 193 Å². The lowest BCUT2D eigenvalue weighted by Crippen LogP contribution is -1.99. The number of rotatable bonds is 5. The second-order valence-corrected chi connectivity index (χ2v) is 13.8. The molecular formula is C50H36N2. The summed E-state index contributed by atoms with van der Waals surface area (Å²) in [6.45, 7) is 4.48. The highest BCUT2D eigenvalue weighted by molar-refractivity contribution is 6.17. The van der Waals surface area contributed by atoms with Gasteiger partial charge in [0.15, 0.2) is 0 Å². The molecule has 8 aromatic carbocycles. The van der Waals surface area contributed by atoms with Gasteiger partial charge in [0.05, 0.1) is 22.1 Å². The van der Waals surface area contributed by atoms with Crippen LogP contribution in [0, 0.1) is 13.8 Å². The van der Waals surface area contributed by atoms with Crippen molar-refractivity contribution in [2.75, 3.05) is 0 Å². The Morgan fingerprint density at radius 1 is 0.327 bits per heavy atom. The van der Waals surface area contributed by atoms with Gasteiger partial charge >= 0.3 is 0 Å². The van der Waals surface area contributed by atoms with Crippen LogP contribution in [0.3, 0.4) is 0 Å². The van der Waals surface area contributed by atoms with E-state index >= 15 is 0 Å². The Hall–Kier alpha value is -6.64. The number of benzene rings is 8. The van der Waals surface area contributed by atoms with Crippen molar-refractivity contribution in [3.63, 3.8) is 0 Å². The minimum Gasteiger partial charge on any atom is -0.309 e. The molecule has 0 aliphatic rings. The highest BCUT2D eigenvalue weighted by Gasteiger charge is 2.20. The Bertz CT molecular complexity index is 2960. The highest BCUT2D eigenvalue weighted by atomic mass is 15.0. The molecule has 0 saturated heterocycles. The number of hydrogen-bond donors (Lipinski definition) is 0. The van der Waals surface area contributed by atoms with Gasteiger partial charge in [-0.3, -0.25) is 0 Å². The average molecular weight is 665 g/mol. The first-order chi connectivity index (χ1) is 25.7. The van der Waals surface area contributed by atoms with Crippen LogP contribution in [0.25, 0.3) is 88.4 Å². The van der Waals surface area contributed by atoms with Crippen LogP contribution in [0.2, 0.25) is 0 Å².